The Hall–Kier alpha value is -0.710. The third-order valence-electron chi connectivity index (χ3n) is 2.02. The average molecular weight is 297 g/mol. The van der Waals surface area contributed by atoms with E-state index in [0.717, 1.165) is 17.3 Å². The van der Waals surface area contributed by atoms with Crippen molar-refractivity contribution in [3.8, 4) is 5.75 Å². The Morgan fingerprint density at radius 2 is 2.00 bits per heavy atom. The van der Waals surface area contributed by atoms with Crippen LogP contribution in [-0.4, -0.2) is 11.7 Å². The SMILES string of the molecule is Cc1ccc(OC(F)(F)F)c(CCCBr)c1. The monoisotopic (exact) mass is 296 g/mol. The van der Waals surface area contributed by atoms with Crippen LogP contribution in [-0.2, 0) is 6.42 Å². The Balaban J connectivity index is 2.89. The largest absolute Gasteiger partial charge is 0.573 e. The average Bonchev–Trinajstić information content (AvgIpc) is 2.16. The van der Waals surface area contributed by atoms with Crippen LogP contribution < -0.4 is 4.74 Å². The molecule has 1 rings (SSSR count). The van der Waals surface area contributed by atoms with Crippen LogP contribution in [0.15, 0.2) is 18.2 Å². The standard InChI is InChI=1S/C11H12BrF3O/c1-8-4-5-10(16-11(13,14)15)9(7-8)3-2-6-12/h4-5,7H,2-3,6H2,1H3. The first-order valence-corrected chi connectivity index (χ1v) is 5.96. The minimum Gasteiger partial charge on any atom is -0.406 e. The van der Waals surface area contributed by atoms with Crippen molar-refractivity contribution in [1.29, 1.82) is 0 Å². The first-order chi connectivity index (χ1) is 7.42. The number of halogens is 4. The first-order valence-electron chi connectivity index (χ1n) is 4.83. The topological polar surface area (TPSA) is 9.23 Å². The Morgan fingerprint density at radius 1 is 1.31 bits per heavy atom. The molecule has 0 spiro atoms. The molecule has 1 aromatic rings. The highest BCUT2D eigenvalue weighted by atomic mass is 79.9. The lowest BCUT2D eigenvalue weighted by Crippen LogP contribution is -2.18. The van der Waals surface area contributed by atoms with Crippen LogP contribution in [0.2, 0.25) is 0 Å². The molecule has 0 aliphatic heterocycles. The van der Waals surface area contributed by atoms with Gasteiger partial charge in [-0.3, -0.25) is 0 Å². The summed E-state index contributed by atoms with van der Waals surface area (Å²) in [5.41, 5.74) is 1.52. The van der Waals surface area contributed by atoms with Crippen LogP contribution in [0.5, 0.6) is 5.75 Å². The number of hydrogen-bond acceptors (Lipinski definition) is 1. The second-order valence-corrected chi connectivity index (χ2v) is 4.24. The molecule has 5 heteroatoms. The summed E-state index contributed by atoms with van der Waals surface area (Å²) < 4.78 is 40.3. The van der Waals surface area contributed by atoms with Gasteiger partial charge in [-0.25, -0.2) is 0 Å². The van der Waals surface area contributed by atoms with E-state index in [1.54, 1.807) is 12.1 Å². The number of benzene rings is 1. The Morgan fingerprint density at radius 3 is 2.56 bits per heavy atom. The molecule has 0 aromatic heterocycles. The van der Waals surface area contributed by atoms with E-state index >= 15 is 0 Å². The first kappa shape index (κ1) is 13.4. The number of ether oxygens (including phenoxy) is 1. The minimum absolute atomic E-state index is 0.0981. The van der Waals surface area contributed by atoms with Gasteiger partial charge in [-0.05, 0) is 31.4 Å². The second kappa shape index (κ2) is 5.57. The molecule has 0 heterocycles. The number of rotatable bonds is 4. The Bertz CT molecular complexity index is 350. The van der Waals surface area contributed by atoms with E-state index in [0.29, 0.717) is 12.0 Å². The Kier molecular flexibility index (Phi) is 4.65. The van der Waals surface area contributed by atoms with Crippen molar-refractivity contribution in [1.82, 2.24) is 0 Å². The van der Waals surface area contributed by atoms with Crippen LogP contribution in [0.1, 0.15) is 17.5 Å². The summed E-state index contributed by atoms with van der Waals surface area (Å²) in [7, 11) is 0. The molecule has 0 radical (unpaired) electrons. The van der Waals surface area contributed by atoms with Gasteiger partial charge < -0.3 is 4.74 Å². The van der Waals surface area contributed by atoms with Gasteiger partial charge in [0.2, 0.25) is 0 Å². The van der Waals surface area contributed by atoms with Gasteiger partial charge in [0, 0.05) is 5.33 Å². The van der Waals surface area contributed by atoms with E-state index in [9.17, 15) is 13.2 Å². The number of aryl methyl sites for hydroxylation is 2. The number of alkyl halides is 4. The fourth-order valence-electron chi connectivity index (χ4n) is 1.39. The third-order valence-corrected chi connectivity index (χ3v) is 2.58. The molecule has 0 fully saturated rings. The highest BCUT2D eigenvalue weighted by Gasteiger charge is 2.31. The number of hydrogen-bond donors (Lipinski definition) is 0. The molecule has 0 N–H and O–H groups in total. The van der Waals surface area contributed by atoms with Gasteiger partial charge >= 0.3 is 6.36 Å². The van der Waals surface area contributed by atoms with E-state index in [-0.39, 0.29) is 5.75 Å². The molecule has 16 heavy (non-hydrogen) atoms. The fourth-order valence-corrected chi connectivity index (χ4v) is 1.67. The zero-order valence-corrected chi connectivity index (χ0v) is 10.4. The van der Waals surface area contributed by atoms with Crippen LogP contribution in [0, 0.1) is 6.92 Å². The lowest BCUT2D eigenvalue weighted by atomic mass is 10.1. The molecule has 0 unspecified atom stereocenters. The normalized spacial score (nSPS) is 11.6. The zero-order valence-electron chi connectivity index (χ0n) is 8.77. The fraction of sp³-hybridized carbons (Fsp3) is 0.455. The van der Waals surface area contributed by atoms with E-state index in [4.69, 9.17) is 0 Å². The van der Waals surface area contributed by atoms with Gasteiger partial charge in [0.25, 0.3) is 0 Å². The third kappa shape index (κ3) is 4.43. The summed E-state index contributed by atoms with van der Waals surface area (Å²) >= 11 is 3.25. The van der Waals surface area contributed by atoms with E-state index in [1.807, 2.05) is 6.92 Å². The van der Waals surface area contributed by atoms with E-state index < -0.39 is 6.36 Å². The maximum absolute atomic E-state index is 12.1. The molecular formula is C11H12BrF3O. The summed E-state index contributed by atoms with van der Waals surface area (Å²) in [5, 5.41) is 0.756. The van der Waals surface area contributed by atoms with Gasteiger partial charge in [-0.15, -0.1) is 13.2 Å². The summed E-state index contributed by atoms with van der Waals surface area (Å²) in [6.45, 7) is 1.84. The Labute approximate surface area is 101 Å². The minimum atomic E-state index is -4.63. The molecule has 1 nitrogen and oxygen atoms in total. The van der Waals surface area contributed by atoms with Crippen molar-refractivity contribution < 1.29 is 17.9 Å². The molecule has 0 saturated heterocycles. The summed E-state index contributed by atoms with van der Waals surface area (Å²) in [5.74, 6) is -0.0981. The van der Waals surface area contributed by atoms with Crippen molar-refractivity contribution in [2.75, 3.05) is 5.33 Å². The van der Waals surface area contributed by atoms with Gasteiger partial charge in [0.1, 0.15) is 5.75 Å². The highest BCUT2D eigenvalue weighted by Crippen LogP contribution is 2.28. The van der Waals surface area contributed by atoms with Crippen LogP contribution in [0.4, 0.5) is 13.2 Å². The van der Waals surface area contributed by atoms with Gasteiger partial charge in [0.05, 0.1) is 0 Å². The molecule has 1 aromatic carbocycles. The smallest absolute Gasteiger partial charge is 0.406 e. The van der Waals surface area contributed by atoms with Crippen molar-refractivity contribution in [2.24, 2.45) is 0 Å². The van der Waals surface area contributed by atoms with E-state index in [2.05, 4.69) is 20.7 Å². The van der Waals surface area contributed by atoms with Crippen molar-refractivity contribution in [3.63, 3.8) is 0 Å². The predicted molar refractivity (Wildman–Crippen MR) is 60.0 cm³/mol. The van der Waals surface area contributed by atoms with Crippen molar-refractivity contribution in [3.05, 3.63) is 29.3 Å². The van der Waals surface area contributed by atoms with Crippen LogP contribution >= 0.6 is 15.9 Å². The molecule has 90 valence electrons. The van der Waals surface area contributed by atoms with Crippen LogP contribution in [0.25, 0.3) is 0 Å². The quantitative estimate of drug-likeness (QED) is 0.756. The van der Waals surface area contributed by atoms with Crippen LogP contribution in [0.3, 0.4) is 0 Å². The zero-order chi connectivity index (χ0) is 12.2. The molecule has 0 atom stereocenters. The van der Waals surface area contributed by atoms with Gasteiger partial charge in [-0.2, -0.15) is 0 Å². The lowest BCUT2D eigenvalue weighted by molar-refractivity contribution is -0.274. The van der Waals surface area contributed by atoms with Crippen molar-refractivity contribution >= 4 is 15.9 Å². The van der Waals surface area contributed by atoms with Gasteiger partial charge in [0.15, 0.2) is 0 Å². The maximum atomic E-state index is 12.1. The molecule has 0 amide bonds. The second-order valence-electron chi connectivity index (χ2n) is 3.45. The van der Waals surface area contributed by atoms with E-state index in [1.165, 1.54) is 6.07 Å². The maximum Gasteiger partial charge on any atom is 0.573 e. The summed E-state index contributed by atoms with van der Waals surface area (Å²) in [4.78, 5) is 0. The summed E-state index contributed by atoms with van der Waals surface area (Å²) in [6.07, 6.45) is -3.28. The molecular weight excluding hydrogens is 285 g/mol. The molecule has 0 aliphatic carbocycles. The highest BCUT2D eigenvalue weighted by molar-refractivity contribution is 9.09. The lowest BCUT2D eigenvalue weighted by Gasteiger charge is -2.13. The van der Waals surface area contributed by atoms with Gasteiger partial charge in [-0.1, -0.05) is 33.6 Å². The predicted octanol–water partition coefficient (Wildman–Crippen LogP) is 4.22. The van der Waals surface area contributed by atoms with Crippen molar-refractivity contribution in [2.45, 2.75) is 26.1 Å². The molecule has 0 aliphatic rings. The molecule has 0 saturated carbocycles. The summed E-state index contributed by atoms with van der Waals surface area (Å²) in [6, 6.07) is 4.70. The molecule has 0 bridgehead atoms.